The van der Waals surface area contributed by atoms with E-state index >= 15 is 0 Å². The van der Waals surface area contributed by atoms with Crippen molar-refractivity contribution in [2.45, 2.75) is 49.6 Å². The lowest BCUT2D eigenvalue weighted by Crippen LogP contribution is -2.50. The van der Waals surface area contributed by atoms with E-state index in [4.69, 9.17) is 6.42 Å². The standard InChI is InChI=1S/C19H20N4O/c1-2-3-11-19(22-23-19)12-13-21-17(24)18(9-6-10-18)16-8-5-4-7-15(16)14-20/h1,4-5,7-8H,3,6,9-13H2,(H,21,24). The molecule has 1 aromatic rings. The average molecular weight is 320 g/mol. The highest BCUT2D eigenvalue weighted by Crippen LogP contribution is 2.45. The summed E-state index contributed by atoms with van der Waals surface area (Å²) in [7, 11) is 0. The minimum absolute atomic E-state index is 0.00389. The molecule has 0 saturated heterocycles. The molecule has 0 atom stereocenters. The molecule has 1 aromatic carbocycles. The van der Waals surface area contributed by atoms with Gasteiger partial charge in [0, 0.05) is 25.8 Å². The van der Waals surface area contributed by atoms with Crippen LogP contribution >= 0.6 is 0 Å². The van der Waals surface area contributed by atoms with Crippen molar-refractivity contribution < 1.29 is 4.79 Å². The number of carbonyl (C=O) groups is 1. The van der Waals surface area contributed by atoms with Crippen molar-refractivity contribution in [3.63, 3.8) is 0 Å². The van der Waals surface area contributed by atoms with Crippen LogP contribution in [0.5, 0.6) is 0 Å². The first-order chi connectivity index (χ1) is 11.7. The molecule has 1 aliphatic carbocycles. The zero-order valence-corrected chi connectivity index (χ0v) is 13.6. The topological polar surface area (TPSA) is 77.6 Å². The van der Waals surface area contributed by atoms with Gasteiger partial charge in [-0.3, -0.25) is 4.79 Å². The lowest BCUT2D eigenvalue weighted by Gasteiger charge is -2.41. The zero-order valence-electron chi connectivity index (χ0n) is 13.6. The minimum atomic E-state index is -0.559. The highest BCUT2D eigenvalue weighted by atomic mass is 16.2. The highest BCUT2D eigenvalue weighted by molar-refractivity contribution is 5.90. The van der Waals surface area contributed by atoms with E-state index in [-0.39, 0.29) is 11.6 Å². The summed E-state index contributed by atoms with van der Waals surface area (Å²) in [6.07, 6.45) is 9.92. The molecule has 5 heteroatoms. The molecule has 1 N–H and O–H groups in total. The normalized spacial score (nSPS) is 18.8. The van der Waals surface area contributed by atoms with Gasteiger partial charge in [-0.15, -0.1) is 12.3 Å². The maximum Gasteiger partial charge on any atom is 0.230 e. The first-order valence-corrected chi connectivity index (χ1v) is 8.31. The van der Waals surface area contributed by atoms with Gasteiger partial charge in [0.25, 0.3) is 0 Å². The molecule has 1 amide bonds. The fourth-order valence-corrected chi connectivity index (χ4v) is 3.36. The van der Waals surface area contributed by atoms with Crippen LogP contribution in [-0.2, 0) is 10.2 Å². The third kappa shape index (κ3) is 2.90. The molecule has 5 nitrogen and oxygen atoms in total. The molecule has 122 valence electrons. The molecule has 2 aliphatic rings. The van der Waals surface area contributed by atoms with Gasteiger partial charge in [-0.05, 0) is 24.5 Å². The van der Waals surface area contributed by atoms with Crippen LogP contribution < -0.4 is 5.32 Å². The Morgan fingerprint density at radius 3 is 2.62 bits per heavy atom. The highest BCUT2D eigenvalue weighted by Gasteiger charge is 2.47. The van der Waals surface area contributed by atoms with Crippen molar-refractivity contribution in [3.05, 3.63) is 35.4 Å². The number of hydrogen-bond acceptors (Lipinski definition) is 4. The lowest BCUT2D eigenvalue weighted by atomic mass is 9.62. The molecule has 3 rings (SSSR count). The second-order valence-corrected chi connectivity index (χ2v) is 6.49. The fourth-order valence-electron chi connectivity index (χ4n) is 3.36. The number of benzene rings is 1. The summed E-state index contributed by atoms with van der Waals surface area (Å²) < 4.78 is 0. The van der Waals surface area contributed by atoms with Crippen molar-refractivity contribution in [1.29, 1.82) is 5.26 Å². The van der Waals surface area contributed by atoms with Crippen LogP contribution in [0.15, 0.2) is 34.5 Å². The third-order valence-corrected chi connectivity index (χ3v) is 5.07. The summed E-state index contributed by atoms with van der Waals surface area (Å²) in [5.41, 5.74) is 0.497. The Morgan fingerprint density at radius 1 is 1.29 bits per heavy atom. The molecule has 0 radical (unpaired) electrons. The van der Waals surface area contributed by atoms with E-state index in [0.29, 0.717) is 24.9 Å². The molecular weight excluding hydrogens is 300 g/mol. The molecule has 0 bridgehead atoms. The largest absolute Gasteiger partial charge is 0.355 e. The van der Waals surface area contributed by atoms with E-state index in [2.05, 4.69) is 27.5 Å². The Balaban J connectivity index is 1.63. The number of terminal acetylenes is 1. The van der Waals surface area contributed by atoms with Gasteiger partial charge in [0.15, 0.2) is 5.66 Å². The van der Waals surface area contributed by atoms with Gasteiger partial charge in [-0.25, -0.2) is 0 Å². The van der Waals surface area contributed by atoms with E-state index < -0.39 is 5.41 Å². The van der Waals surface area contributed by atoms with Crippen LogP contribution in [0.25, 0.3) is 0 Å². The van der Waals surface area contributed by atoms with Crippen LogP contribution in [-0.4, -0.2) is 18.1 Å². The molecule has 24 heavy (non-hydrogen) atoms. The smallest absolute Gasteiger partial charge is 0.230 e. The number of nitriles is 1. The van der Waals surface area contributed by atoms with E-state index in [1.807, 2.05) is 18.2 Å². The second-order valence-electron chi connectivity index (χ2n) is 6.49. The van der Waals surface area contributed by atoms with Crippen LogP contribution in [0.3, 0.4) is 0 Å². The summed E-state index contributed by atoms with van der Waals surface area (Å²) in [5.74, 6) is 2.61. The third-order valence-electron chi connectivity index (χ3n) is 5.07. The van der Waals surface area contributed by atoms with Gasteiger partial charge < -0.3 is 5.32 Å². The van der Waals surface area contributed by atoms with Gasteiger partial charge in [0.2, 0.25) is 5.91 Å². The van der Waals surface area contributed by atoms with E-state index in [9.17, 15) is 10.1 Å². The Hall–Kier alpha value is -2.66. The maximum absolute atomic E-state index is 12.8. The Morgan fingerprint density at radius 2 is 2.04 bits per heavy atom. The molecule has 1 aliphatic heterocycles. The summed E-state index contributed by atoms with van der Waals surface area (Å²) >= 11 is 0. The molecule has 1 saturated carbocycles. The van der Waals surface area contributed by atoms with Gasteiger partial charge >= 0.3 is 0 Å². The zero-order chi connectivity index (χ0) is 17.0. The van der Waals surface area contributed by atoms with Crippen molar-refractivity contribution in [2.75, 3.05) is 6.54 Å². The number of nitrogens with zero attached hydrogens (tertiary/aromatic N) is 3. The van der Waals surface area contributed by atoms with Crippen molar-refractivity contribution >= 4 is 5.91 Å². The lowest BCUT2D eigenvalue weighted by molar-refractivity contribution is -0.129. The first-order valence-electron chi connectivity index (χ1n) is 8.31. The van der Waals surface area contributed by atoms with Crippen molar-refractivity contribution in [3.8, 4) is 18.4 Å². The Bertz CT molecular complexity index is 743. The van der Waals surface area contributed by atoms with Crippen LogP contribution in [0, 0.1) is 23.7 Å². The molecule has 1 heterocycles. The van der Waals surface area contributed by atoms with Gasteiger partial charge in [-0.1, -0.05) is 24.6 Å². The van der Waals surface area contributed by atoms with Crippen LogP contribution in [0.4, 0.5) is 0 Å². The number of amides is 1. The summed E-state index contributed by atoms with van der Waals surface area (Å²) in [5, 5.41) is 20.5. The molecule has 0 aromatic heterocycles. The molecular formula is C19H20N4O. The average Bonchev–Trinajstić information content (AvgIpc) is 3.33. The Kier molecular flexibility index (Phi) is 4.36. The number of rotatable bonds is 7. The first kappa shape index (κ1) is 16.2. The van der Waals surface area contributed by atoms with E-state index in [1.54, 1.807) is 6.07 Å². The predicted molar refractivity (Wildman–Crippen MR) is 90.0 cm³/mol. The van der Waals surface area contributed by atoms with E-state index in [1.165, 1.54) is 0 Å². The second kappa shape index (κ2) is 6.45. The predicted octanol–water partition coefficient (Wildman–Crippen LogP) is 3.06. The van der Waals surface area contributed by atoms with Crippen LogP contribution in [0.1, 0.15) is 49.7 Å². The SMILES string of the molecule is C#CCCC1(CCNC(=O)C2(c3ccccc3C#N)CCC2)N=N1. The van der Waals surface area contributed by atoms with Gasteiger partial charge in [0.1, 0.15) is 0 Å². The van der Waals surface area contributed by atoms with E-state index in [0.717, 1.165) is 31.2 Å². The minimum Gasteiger partial charge on any atom is -0.355 e. The quantitative estimate of drug-likeness (QED) is 0.784. The Labute approximate surface area is 142 Å². The van der Waals surface area contributed by atoms with Crippen molar-refractivity contribution in [2.24, 2.45) is 10.2 Å². The number of nitrogens with one attached hydrogen (secondary N) is 1. The number of hydrogen-bond donors (Lipinski definition) is 1. The van der Waals surface area contributed by atoms with Gasteiger partial charge in [-0.2, -0.15) is 15.5 Å². The summed E-state index contributed by atoms with van der Waals surface area (Å²) in [6.45, 7) is 0.521. The monoisotopic (exact) mass is 320 g/mol. The number of carbonyl (C=O) groups excluding carboxylic acids is 1. The van der Waals surface area contributed by atoms with Crippen molar-refractivity contribution in [1.82, 2.24) is 5.32 Å². The van der Waals surface area contributed by atoms with Crippen LogP contribution in [0.2, 0.25) is 0 Å². The van der Waals surface area contributed by atoms with Gasteiger partial charge in [0.05, 0.1) is 17.0 Å². The molecule has 1 fully saturated rings. The fraction of sp³-hybridized carbons (Fsp3) is 0.474. The maximum atomic E-state index is 12.8. The summed E-state index contributed by atoms with van der Waals surface area (Å²) in [4.78, 5) is 12.8. The molecule has 0 unspecified atom stereocenters. The summed E-state index contributed by atoms with van der Waals surface area (Å²) in [6, 6.07) is 9.61. The molecule has 0 spiro atoms.